The lowest BCUT2D eigenvalue weighted by Gasteiger charge is -2.05. The quantitative estimate of drug-likeness (QED) is 0.630. The molecule has 2 rings (SSSR count). The van der Waals surface area contributed by atoms with E-state index in [-0.39, 0.29) is 29.4 Å². The number of hydrogen-bond acceptors (Lipinski definition) is 5. The number of nitrogens with one attached hydrogen (secondary N) is 1. The Bertz CT molecular complexity index is 702. The van der Waals surface area contributed by atoms with Gasteiger partial charge in [0, 0.05) is 11.0 Å². The molecule has 1 heterocycles. The van der Waals surface area contributed by atoms with Crippen LogP contribution in [0.1, 0.15) is 32.2 Å². The zero-order valence-electron chi connectivity index (χ0n) is 11.6. The van der Waals surface area contributed by atoms with Crippen molar-refractivity contribution in [2.75, 3.05) is 7.11 Å². The molecule has 1 amide bonds. The van der Waals surface area contributed by atoms with Crippen LogP contribution < -0.4 is 5.32 Å². The number of carbonyl (C=O) groups is 2. The summed E-state index contributed by atoms with van der Waals surface area (Å²) in [6.45, 7) is 0.274. The highest BCUT2D eigenvalue weighted by atomic mass is 79.9. The highest BCUT2D eigenvalue weighted by molar-refractivity contribution is 9.10. The maximum atomic E-state index is 12.2. The van der Waals surface area contributed by atoms with Crippen molar-refractivity contribution in [1.82, 2.24) is 10.5 Å². The summed E-state index contributed by atoms with van der Waals surface area (Å²) < 4.78 is 10.5. The molecule has 0 saturated heterocycles. The Labute approximate surface area is 139 Å². The smallest absolute Gasteiger partial charge is 0.344 e. The van der Waals surface area contributed by atoms with Crippen molar-refractivity contribution in [2.45, 2.75) is 12.4 Å². The van der Waals surface area contributed by atoms with Gasteiger partial charge >= 0.3 is 5.97 Å². The van der Waals surface area contributed by atoms with Gasteiger partial charge in [0.2, 0.25) is 5.76 Å². The average Bonchev–Trinajstić information content (AvgIpc) is 2.96. The first-order valence-electron chi connectivity index (χ1n) is 6.22. The Morgan fingerprint density at radius 1 is 1.45 bits per heavy atom. The first-order chi connectivity index (χ1) is 10.6. The van der Waals surface area contributed by atoms with E-state index in [4.69, 9.17) is 16.1 Å². The molecule has 0 unspecified atom stereocenters. The molecule has 0 aliphatic rings. The third-order valence-corrected chi connectivity index (χ3v) is 3.57. The number of rotatable bonds is 5. The van der Waals surface area contributed by atoms with Crippen molar-refractivity contribution in [3.8, 4) is 0 Å². The molecule has 0 fully saturated rings. The van der Waals surface area contributed by atoms with Gasteiger partial charge in [0.25, 0.3) is 5.91 Å². The molecule has 2 aromatic rings. The number of ether oxygens (including phenoxy) is 1. The maximum absolute atomic E-state index is 12.2. The molecule has 0 aliphatic heterocycles. The third-order valence-electron chi connectivity index (χ3n) is 2.83. The van der Waals surface area contributed by atoms with Gasteiger partial charge in [-0.3, -0.25) is 4.79 Å². The van der Waals surface area contributed by atoms with Crippen molar-refractivity contribution >= 4 is 39.4 Å². The lowest BCUT2D eigenvalue weighted by molar-refractivity contribution is 0.0593. The van der Waals surface area contributed by atoms with Crippen LogP contribution in [0.2, 0.25) is 0 Å². The topological polar surface area (TPSA) is 81.4 Å². The van der Waals surface area contributed by atoms with E-state index in [1.807, 2.05) is 24.3 Å². The fraction of sp³-hybridized carbons (Fsp3) is 0.214. The molecule has 0 saturated carbocycles. The van der Waals surface area contributed by atoms with Crippen LogP contribution in [-0.2, 0) is 17.2 Å². The van der Waals surface area contributed by atoms with Crippen LogP contribution >= 0.6 is 27.5 Å². The molecule has 1 N–H and O–H groups in total. The largest absolute Gasteiger partial charge is 0.465 e. The van der Waals surface area contributed by atoms with Gasteiger partial charge in [-0.05, 0) is 17.7 Å². The standard InChI is InChI=1S/C14H12BrClN2O4/c1-21-14(20)11-10(6-16)18-22-12(11)13(19)17-7-8-3-2-4-9(15)5-8/h2-5H,6-7H2,1H3,(H,17,19). The van der Waals surface area contributed by atoms with Crippen LogP contribution in [0.15, 0.2) is 33.3 Å². The molecule has 0 bridgehead atoms. The lowest BCUT2D eigenvalue weighted by atomic mass is 10.2. The highest BCUT2D eigenvalue weighted by Crippen LogP contribution is 2.18. The van der Waals surface area contributed by atoms with Gasteiger partial charge in [-0.25, -0.2) is 4.79 Å². The van der Waals surface area contributed by atoms with Gasteiger partial charge in [0.1, 0.15) is 11.3 Å². The van der Waals surface area contributed by atoms with E-state index in [2.05, 4.69) is 31.1 Å². The molecular weight excluding hydrogens is 376 g/mol. The van der Waals surface area contributed by atoms with E-state index in [0.717, 1.165) is 10.0 Å². The summed E-state index contributed by atoms with van der Waals surface area (Å²) in [5.74, 6) is -1.56. The fourth-order valence-electron chi connectivity index (χ4n) is 1.79. The monoisotopic (exact) mass is 386 g/mol. The lowest BCUT2D eigenvalue weighted by Crippen LogP contribution is -2.24. The molecule has 0 spiro atoms. The second-order valence-electron chi connectivity index (χ2n) is 4.27. The Morgan fingerprint density at radius 3 is 2.86 bits per heavy atom. The summed E-state index contributed by atoms with van der Waals surface area (Å²) >= 11 is 9.02. The van der Waals surface area contributed by atoms with E-state index in [0.29, 0.717) is 0 Å². The van der Waals surface area contributed by atoms with E-state index < -0.39 is 11.9 Å². The fourth-order valence-corrected chi connectivity index (χ4v) is 2.42. The van der Waals surface area contributed by atoms with Crippen molar-refractivity contribution in [1.29, 1.82) is 0 Å². The van der Waals surface area contributed by atoms with E-state index in [1.165, 1.54) is 7.11 Å². The number of aromatic nitrogens is 1. The number of benzene rings is 1. The first-order valence-corrected chi connectivity index (χ1v) is 7.55. The number of hydrogen-bond donors (Lipinski definition) is 1. The van der Waals surface area contributed by atoms with Crippen LogP contribution in [-0.4, -0.2) is 24.1 Å². The minimum absolute atomic E-state index is 0.0516. The summed E-state index contributed by atoms with van der Waals surface area (Å²) in [4.78, 5) is 23.9. The summed E-state index contributed by atoms with van der Waals surface area (Å²) in [7, 11) is 1.20. The average molecular weight is 388 g/mol. The van der Waals surface area contributed by atoms with Crippen molar-refractivity contribution in [3.05, 3.63) is 51.3 Å². The second kappa shape index (κ2) is 7.42. The zero-order valence-corrected chi connectivity index (χ0v) is 13.9. The Balaban J connectivity index is 2.16. The molecule has 0 radical (unpaired) electrons. The number of nitrogens with zero attached hydrogens (tertiary/aromatic N) is 1. The van der Waals surface area contributed by atoms with Crippen molar-refractivity contribution in [3.63, 3.8) is 0 Å². The molecule has 1 aromatic carbocycles. The molecule has 22 heavy (non-hydrogen) atoms. The molecule has 6 nitrogen and oxygen atoms in total. The normalized spacial score (nSPS) is 10.3. The van der Waals surface area contributed by atoms with Crippen LogP contribution in [0.25, 0.3) is 0 Å². The number of halogens is 2. The number of methoxy groups -OCH3 is 1. The number of esters is 1. The summed E-state index contributed by atoms with van der Waals surface area (Å²) in [5.41, 5.74) is 1.00. The van der Waals surface area contributed by atoms with Crippen molar-refractivity contribution in [2.24, 2.45) is 0 Å². The van der Waals surface area contributed by atoms with Crippen LogP contribution in [0, 0.1) is 0 Å². The van der Waals surface area contributed by atoms with E-state index >= 15 is 0 Å². The second-order valence-corrected chi connectivity index (χ2v) is 5.45. The number of carbonyl (C=O) groups excluding carboxylic acids is 2. The molecule has 116 valence electrons. The molecular formula is C14H12BrClN2O4. The predicted octanol–water partition coefficient (Wildman–Crippen LogP) is 2.89. The van der Waals surface area contributed by atoms with Gasteiger partial charge < -0.3 is 14.6 Å². The minimum Gasteiger partial charge on any atom is -0.465 e. The van der Waals surface area contributed by atoms with Crippen molar-refractivity contribution < 1.29 is 18.8 Å². The molecule has 1 aromatic heterocycles. The van der Waals surface area contributed by atoms with Crippen LogP contribution in [0.3, 0.4) is 0 Å². The van der Waals surface area contributed by atoms with Gasteiger partial charge in [-0.15, -0.1) is 11.6 Å². The number of alkyl halides is 1. The summed E-state index contributed by atoms with van der Waals surface area (Å²) in [5, 5.41) is 6.27. The van der Waals surface area contributed by atoms with Crippen LogP contribution in [0.5, 0.6) is 0 Å². The third kappa shape index (κ3) is 3.66. The molecule has 8 heteroatoms. The van der Waals surface area contributed by atoms with E-state index in [1.54, 1.807) is 0 Å². The molecule has 0 aliphatic carbocycles. The molecule has 0 atom stereocenters. The Kier molecular flexibility index (Phi) is 5.57. The van der Waals surface area contributed by atoms with Gasteiger partial charge in [-0.1, -0.05) is 33.2 Å². The van der Waals surface area contributed by atoms with Gasteiger partial charge in [0.05, 0.1) is 13.0 Å². The minimum atomic E-state index is -0.718. The van der Waals surface area contributed by atoms with Gasteiger partial charge in [-0.2, -0.15) is 0 Å². The Morgan fingerprint density at radius 2 is 2.23 bits per heavy atom. The zero-order chi connectivity index (χ0) is 16.1. The SMILES string of the molecule is COC(=O)c1c(CCl)noc1C(=O)NCc1cccc(Br)c1. The maximum Gasteiger partial charge on any atom is 0.344 e. The van der Waals surface area contributed by atoms with Gasteiger partial charge in [0.15, 0.2) is 0 Å². The summed E-state index contributed by atoms with van der Waals surface area (Å²) in [6, 6.07) is 7.46. The first kappa shape index (κ1) is 16.5. The highest BCUT2D eigenvalue weighted by Gasteiger charge is 2.27. The number of amides is 1. The summed E-state index contributed by atoms with van der Waals surface area (Å²) in [6.07, 6.45) is 0. The van der Waals surface area contributed by atoms with Crippen LogP contribution in [0.4, 0.5) is 0 Å². The Hall–Kier alpha value is -1.86. The van der Waals surface area contributed by atoms with E-state index in [9.17, 15) is 9.59 Å². The predicted molar refractivity (Wildman–Crippen MR) is 82.7 cm³/mol.